The molecule has 2 N–H and O–H groups in total. The first-order chi connectivity index (χ1) is 11.3. The van der Waals surface area contributed by atoms with E-state index in [9.17, 15) is 12.8 Å². The molecule has 24 heavy (non-hydrogen) atoms. The lowest BCUT2D eigenvalue weighted by atomic mass is 10.1. The average Bonchev–Trinajstić information content (AvgIpc) is 3.14. The molecule has 1 aliphatic carbocycles. The van der Waals surface area contributed by atoms with Crippen molar-refractivity contribution >= 4 is 9.84 Å². The van der Waals surface area contributed by atoms with Crippen LogP contribution in [0.3, 0.4) is 0 Å². The molecule has 0 bridgehead atoms. The first-order valence-corrected chi connectivity index (χ1v) is 9.19. The summed E-state index contributed by atoms with van der Waals surface area (Å²) in [5.74, 6) is -0.912. The van der Waals surface area contributed by atoms with Crippen molar-refractivity contribution < 1.29 is 17.5 Å². The van der Waals surface area contributed by atoms with Crippen molar-refractivity contribution in [2.75, 3.05) is 13.7 Å². The van der Waals surface area contributed by atoms with Crippen molar-refractivity contribution in [1.82, 2.24) is 0 Å². The largest absolute Gasteiger partial charge is 0.383 e. The van der Waals surface area contributed by atoms with Gasteiger partial charge < -0.3 is 10.5 Å². The normalized spacial score (nSPS) is 26.3. The SMILES string of the molecule is COC[C@]1(N)[C@@H](c2cccc(F)c2)[C@@H]1S(=O)(=O)c1ccc(C)cc1. The van der Waals surface area contributed by atoms with Gasteiger partial charge >= 0.3 is 0 Å². The summed E-state index contributed by atoms with van der Waals surface area (Å²) in [6.45, 7) is 1.98. The first kappa shape index (κ1) is 17.1. The van der Waals surface area contributed by atoms with Crippen LogP contribution in [0, 0.1) is 12.7 Å². The molecule has 3 rings (SSSR count). The van der Waals surface area contributed by atoms with E-state index in [0.29, 0.717) is 5.56 Å². The van der Waals surface area contributed by atoms with Gasteiger partial charge in [-0.05, 0) is 36.8 Å². The highest BCUT2D eigenvalue weighted by Gasteiger charge is 2.69. The van der Waals surface area contributed by atoms with E-state index in [-0.39, 0.29) is 11.5 Å². The molecular weight excluding hydrogens is 329 g/mol. The summed E-state index contributed by atoms with van der Waals surface area (Å²) >= 11 is 0. The van der Waals surface area contributed by atoms with E-state index in [2.05, 4.69) is 0 Å². The fraction of sp³-hybridized carbons (Fsp3) is 0.333. The average molecular weight is 349 g/mol. The Balaban J connectivity index is 2.03. The molecule has 128 valence electrons. The zero-order valence-electron chi connectivity index (χ0n) is 13.6. The van der Waals surface area contributed by atoms with Crippen LogP contribution in [0.1, 0.15) is 17.0 Å². The molecule has 1 saturated carbocycles. The monoisotopic (exact) mass is 349 g/mol. The zero-order chi connectivity index (χ0) is 17.5. The molecule has 6 heteroatoms. The Morgan fingerprint density at radius 3 is 2.46 bits per heavy atom. The van der Waals surface area contributed by atoms with Crippen LogP contribution in [0.2, 0.25) is 0 Å². The van der Waals surface area contributed by atoms with Crippen LogP contribution >= 0.6 is 0 Å². The minimum atomic E-state index is -3.65. The summed E-state index contributed by atoms with van der Waals surface area (Å²) in [6, 6.07) is 12.6. The van der Waals surface area contributed by atoms with Crippen LogP contribution in [0.25, 0.3) is 0 Å². The molecule has 4 nitrogen and oxygen atoms in total. The fourth-order valence-electron chi connectivity index (χ4n) is 3.37. The zero-order valence-corrected chi connectivity index (χ0v) is 14.4. The number of ether oxygens (including phenoxy) is 1. The third-order valence-electron chi connectivity index (χ3n) is 4.59. The highest BCUT2D eigenvalue weighted by Crippen LogP contribution is 2.55. The number of aryl methyl sites for hydroxylation is 1. The summed E-state index contributed by atoms with van der Waals surface area (Å²) in [7, 11) is -2.17. The molecule has 0 amide bonds. The molecule has 0 saturated heterocycles. The van der Waals surface area contributed by atoms with Crippen molar-refractivity contribution in [3.05, 3.63) is 65.5 Å². The quantitative estimate of drug-likeness (QED) is 0.900. The van der Waals surface area contributed by atoms with Crippen LogP contribution in [-0.4, -0.2) is 32.9 Å². The Kier molecular flexibility index (Phi) is 4.23. The topological polar surface area (TPSA) is 69.4 Å². The highest BCUT2D eigenvalue weighted by molar-refractivity contribution is 7.92. The lowest BCUT2D eigenvalue weighted by Gasteiger charge is -2.11. The second-order valence-electron chi connectivity index (χ2n) is 6.36. The summed E-state index contributed by atoms with van der Waals surface area (Å²) in [4.78, 5) is 0.225. The van der Waals surface area contributed by atoms with Crippen molar-refractivity contribution in [3.8, 4) is 0 Å². The molecule has 1 fully saturated rings. The first-order valence-electron chi connectivity index (χ1n) is 7.64. The van der Waals surface area contributed by atoms with Crippen molar-refractivity contribution in [3.63, 3.8) is 0 Å². The Labute approximate surface area is 141 Å². The van der Waals surface area contributed by atoms with E-state index in [1.165, 1.54) is 19.2 Å². The van der Waals surface area contributed by atoms with Crippen LogP contribution in [0.5, 0.6) is 0 Å². The van der Waals surface area contributed by atoms with Gasteiger partial charge in [-0.25, -0.2) is 12.8 Å². The molecule has 1 aliphatic rings. The van der Waals surface area contributed by atoms with Gasteiger partial charge in [-0.3, -0.25) is 0 Å². The lowest BCUT2D eigenvalue weighted by Crippen LogP contribution is -2.35. The maximum Gasteiger partial charge on any atom is 0.183 e. The minimum Gasteiger partial charge on any atom is -0.383 e. The number of methoxy groups -OCH3 is 1. The number of hydrogen-bond donors (Lipinski definition) is 1. The Morgan fingerprint density at radius 2 is 1.88 bits per heavy atom. The summed E-state index contributed by atoms with van der Waals surface area (Å²) < 4.78 is 44.8. The van der Waals surface area contributed by atoms with Gasteiger partial charge in [-0.2, -0.15) is 0 Å². The van der Waals surface area contributed by atoms with Gasteiger partial charge in [0.25, 0.3) is 0 Å². The fourth-order valence-corrected chi connectivity index (χ4v) is 5.66. The maximum atomic E-state index is 13.6. The molecule has 0 aliphatic heterocycles. The van der Waals surface area contributed by atoms with E-state index in [1.807, 2.05) is 6.92 Å². The molecule has 2 aromatic carbocycles. The number of halogens is 1. The van der Waals surface area contributed by atoms with Gasteiger partial charge in [0.15, 0.2) is 9.84 Å². The smallest absolute Gasteiger partial charge is 0.183 e. The summed E-state index contributed by atoms with van der Waals surface area (Å²) in [5.41, 5.74) is 6.84. The molecular formula is C18H20FNO3S. The molecule has 0 unspecified atom stereocenters. The minimum absolute atomic E-state index is 0.0872. The van der Waals surface area contributed by atoms with E-state index in [4.69, 9.17) is 10.5 Å². The molecule has 0 heterocycles. The van der Waals surface area contributed by atoms with Crippen molar-refractivity contribution in [2.24, 2.45) is 5.73 Å². The van der Waals surface area contributed by atoms with Gasteiger partial charge in [-0.1, -0.05) is 29.8 Å². The Morgan fingerprint density at radius 1 is 1.21 bits per heavy atom. The van der Waals surface area contributed by atoms with E-state index in [0.717, 1.165) is 5.56 Å². The van der Waals surface area contributed by atoms with E-state index >= 15 is 0 Å². The van der Waals surface area contributed by atoms with Crippen LogP contribution in [-0.2, 0) is 14.6 Å². The maximum absolute atomic E-state index is 13.6. The second kappa shape index (κ2) is 5.95. The summed E-state index contributed by atoms with van der Waals surface area (Å²) in [5, 5.41) is -0.838. The van der Waals surface area contributed by atoms with E-state index < -0.39 is 32.4 Å². The number of sulfone groups is 1. The Hall–Kier alpha value is -1.76. The molecule has 0 spiro atoms. The van der Waals surface area contributed by atoms with Crippen molar-refractivity contribution in [1.29, 1.82) is 0 Å². The van der Waals surface area contributed by atoms with Crippen LogP contribution in [0.15, 0.2) is 53.4 Å². The molecule has 0 aromatic heterocycles. The van der Waals surface area contributed by atoms with Gasteiger partial charge in [0.05, 0.1) is 22.3 Å². The lowest BCUT2D eigenvalue weighted by molar-refractivity contribution is 0.171. The molecule has 2 aromatic rings. The Bertz CT molecular complexity index is 851. The van der Waals surface area contributed by atoms with Gasteiger partial charge in [0.2, 0.25) is 0 Å². The number of hydrogen-bond acceptors (Lipinski definition) is 4. The van der Waals surface area contributed by atoms with Crippen LogP contribution < -0.4 is 5.73 Å². The summed E-state index contributed by atoms with van der Waals surface area (Å²) in [6.07, 6.45) is 0. The highest BCUT2D eigenvalue weighted by atomic mass is 32.2. The van der Waals surface area contributed by atoms with Crippen molar-refractivity contribution in [2.45, 2.75) is 28.5 Å². The van der Waals surface area contributed by atoms with E-state index in [1.54, 1.807) is 36.4 Å². The third kappa shape index (κ3) is 2.75. The van der Waals surface area contributed by atoms with Crippen LogP contribution in [0.4, 0.5) is 4.39 Å². The second-order valence-corrected chi connectivity index (χ2v) is 8.43. The molecule has 3 atom stereocenters. The van der Waals surface area contributed by atoms with Gasteiger partial charge in [0, 0.05) is 13.0 Å². The standard InChI is InChI=1S/C18H20FNO3S/c1-12-6-8-15(9-7-12)24(21,22)17-16(18(17,20)11-23-2)13-4-3-5-14(19)10-13/h3-10,16-17H,11,20H2,1-2H3/t16-,17-,18-/m0/s1. The number of rotatable bonds is 5. The van der Waals surface area contributed by atoms with Gasteiger partial charge in [0.1, 0.15) is 5.82 Å². The van der Waals surface area contributed by atoms with Gasteiger partial charge in [-0.15, -0.1) is 0 Å². The predicted molar refractivity (Wildman–Crippen MR) is 90.1 cm³/mol. The molecule has 0 radical (unpaired) electrons. The number of nitrogens with two attached hydrogens (primary N) is 1. The third-order valence-corrected chi connectivity index (χ3v) is 6.90. The predicted octanol–water partition coefficient (Wildman–Crippen LogP) is 2.42. The number of benzene rings is 2.